The van der Waals surface area contributed by atoms with Gasteiger partial charge in [0.1, 0.15) is 0 Å². The minimum Gasteiger partial charge on any atom is -0.334 e. The number of nitrogens with zero attached hydrogens (tertiary/aromatic N) is 2. The Hall–Kier alpha value is -2.21. The van der Waals surface area contributed by atoms with Crippen LogP contribution in [0.15, 0.2) is 32.2 Å². The number of hydrogen-bond acceptors (Lipinski definition) is 5. The van der Waals surface area contributed by atoms with E-state index in [1.165, 1.54) is 0 Å². The van der Waals surface area contributed by atoms with Crippen molar-refractivity contribution in [3.05, 3.63) is 44.5 Å². The van der Waals surface area contributed by atoms with Gasteiger partial charge >= 0.3 is 0 Å². The van der Waals surface area contributed by atoms with E-state index in [1.807, 2.05) is 23.8 Å². The fourth-order valence-electron chi connectivity index (χ4n) is 2.27. The van der Waals surface area contributed by atoms with E-state index in [4.69, 9.17) is 4.52 Å². The van der Waals surface area contributed by atoms with Crippen LogP contribution < -0.4 is 5.56 Å². The van der Waals surface area contributed by atoms with Gasteiger partial charge in [0.2, 0.25) is 5.82 Å². The number of aryl methyl sites for hydroxylation is 1. The lowest BCUT2D eigenvalue weighted by atomic mass is 10.1. The number of aromatic amines is 1. The van der Waals surface area contributed by atoms with E-state index in [2.05, 4.69) is 29.0 Å². The third-order valence-electron chi connectivity index (χ3n) is 3.35. The van der Waals surface area contributed by atoms with Crippen molar-refractivity contribution < 1.29 is 4.52 Å². The zero-order valence-electron chi connectivity index (χ0n) is 12.7. The first-order chi connectivity index (χ1) is 10.5. The lowest BCUT2D eigenvalue weighted by Gasteiger charge is -2.04. The third-order valence-corrected chi connectivity index (χ3v) is 4.21. The lowest BCUT2D eigenvalue weighted by Crippen LogP contribution is -2.13. The first kappa shape index (κ1) is 14.7. The Balaban J connectivity index is 1.94. The average molecular weight is 315 g/mol. The summed E-state index contributed by atoms with van der Waals surface area (Å²) in [5, 5.41) is 7.91. The minimum atomic E-state index is -0.187. The molecule has 0 aliphatic heterocycles. The Labute approximate surface area is 132 Å². The standard InChI is InChI=1S/C16H17N3O2S/c1-9(2)6-11-4-5-12(15(20)17-11)14-18-16(21-19-14)13-8-22-7-10(13)3/h4-5,7-9H,6H2,1-3H3,(H,17,20). The van der Waals surface area contributed by atoms with Crippen molar-refractivity contribution in [2.75, 3.05) is 0 Å². The number of hydrogen-bond donors (Lipinski definition) is 1. The predicted octanol–water partition coefficient (Wildman–Crippen LogP) is 3.66. The SMILES string of the molecule is Cc1cscc1-c1nc(-c2ccc(CC(C)C)[nH]c2=O)no1. The summed E-state index contributed by atoms with van der Waals surface area (Å²) in [4.78, 5) is 19.4. The van der Waals surface area contributed by atoms with E-state index in [9.17, 15) is 4.79 Å². The third kappa shape index (κ3) is 2.87. The Morgan fingerprint density at radius 3 is 2.73 bits per heavy atom. The molecule has 0 spiro atoms. The molecule has 0 radical (unpaired) electrons. The normalized spacial score (nSPS) is 11.3. The van der Waals surface area contributed by atoms with Gasteiger partial charge in [0.15, 0.2) is 0 Å². The van der Waals surface area contributed by atoms with Gasteiger partial charge in [-0.05, 0) is 42.3 Å². The average Bonchev–Trinajstić information content (AvgIpc) is 3.06. The van der Waals surface area contributed by atoms with Crippen molar-refractivity contribution in [2.24, 2.45) is 5.92 Å². The van der Waals surface area contributed by atoms with Crippen molar-refractivity contribution in [2.45, 2.75) is 27.2 Å². The van der Waals surface area contributed by atoms with E-state index in [1.54, 1.807) is 17.4 Å². The number of nitrogens with one attached hydrogen (secondary N) is 1. The molecule has 0 fully saturated rings. The summed E-state index contributed by atoms with van der Waals surface area (Å²) in [6, 6.07) is 3.66. The summed E-state index contributed by atoms with van der Waals surface area (Å²) in [7, 11) is 0. The van der Waals surface area contributed by atoms with Crippen molar-refractivity contribution in [3.63, 3.8) is 0 Å². The smallest absolute Gasteiger partial charge is 0.259 e. The number of aromatic nitrogens is 3. The molecular weight excluding hydrogens is 298 g/mol. The summed E-state index contributed by atoms with van der Waals surface area (Å²) in [6.07, 6.45) is 0.834. The summed E-state index contributed by atoms with van der Waals surface area (Å²) in [6.45, 7) is 6.21. The van der Waals surface area contributed by atoms with Crippen LogP contribution in [0, 0.1) is 12.8 Å². The molecule has 0 saturated heterocycles. The molecule has 1 N–H and O–H groups in total. The van der Waals surface area contributed by atoms with Crippen LogP contribution in [0.2, 0.25) is 0 Å². The molecule has 0 aliphatic carbocycles. The number of pyridine rings is 1. The fourth-order valence-corrected chi connectivity index (χ4v) is 3.09. The molecule has 5 nitrogen and oxygen atoms in total. The highest BCUT2D eigenvalue weighted by Crippen LogP contribution is 2.26. The van der Waals surface area contributed by atoms with Crippen molar-refractivity contribution in [1.29, 1.82) is 0 Å². The minimum absolute atomic E-state index is 0.187. The Kier molecular flexibility index (Phi) is 3.94. The van der Waals surface area contributed by atoms with Gasteiger partial charge in [-0.15, -0.1) is 0 Å². The summed E-state index contributed by atoms with van der Waals surface area (Å²) < 4.78 is 5.29. The van der Waals surface area contributed by atoms with Gasteiger partial charge in [0, 0.05) is 11.1 Å². The number of rotatable bonds is 4. The molecule has 114 valence electrons. The maximum absolute atomic E-state index is 12.2. The van der Waals surface area contributed by atoms with Crippen LogP contribution in [0.25, 0.3) is 22.8 Å². The van der Waals surface area contributed by atoms with Gasteiger partial charge in [0.05, 0.1) is 11.1 Å². The van der Waals surface area contributed by atoms with Crippen LogP contribution in [0.5, 0.6) is 0 Å². The molecule has 0 bridgehead atoms. The Morgan fingerprint density at radius 2 is 2.09 bits per heavy atom. The summed E-state index contributed by atoms with van der Waals surface area (Å²) >= 11 is 1.58. The lowest BCUT2D eigenvalue weighted by molar-refractivity contribution is 0.432. The predicted molar refractivity (Wildman–Crippen MR) is 86.9 cm³/mol. The largest absolute Gasteiger partial charge is 0.334 e. The first-order valence-corrected chi connectivity index (χ1v) is 8.08. The molecule has 0 aliphatic rings. The molecule has 0 aromatic carbocycles. The van der Waals surface area contributed by atoms with Crippen molar-refractivity contribution >= 4 is 11.3 Å². The van der Waals surface area contributed by atoms with Gasteiger partial charge < -0.3 is 9.51 Å². The van der Waals surface area contributed by atoms with Gasteiger partial charge in [-0.2, -0.15) is 16.3 Å². The highest BCUT2D eigenvalue weighted by Gasteiger charge is 2.15. The molecule has 0 atom stereocenters. The fraction of sp³-hybridized carbons (Fsp3) is 0.312. The molecule has 3 rings (SSSR count). The van der Waals surface area contributed by atoms with Gasteiger partial charge in [-0.1, -0.05) is 19.0 Å². The first-order valence-electron chi connectivity index (χ1n) is 7.14. The molecule has 0 unspecified atom stereocenters. The van der Waals surface area contributed by atoms with E-state index >= 15 is 0 Å². The van der Waals surface area contributed by atoms with Crippen LogP contribution in [-0.4, -0.2) is 15.1 Å². The van der Waals surface area contributed by atoms with Crippen LogP contribution in [0.1, 0.15) is 25.1 Å². The second-order valence-electron chi connectivity index (χ2n) is 5.72. The summed E-state index contributed by atoms with van der Waals surface area (Å²) in [5.74, 6) is 1.25. The quantitative estimate of drug-likeness (QED) is 0.797. The molecule has 0 amide bonds. The van der Waals surface area contributed by atoms with Crippen LogP contribution in [0.4, 0.5) is 0 Å². The Bertz CT molecular complexity index is 845. The monoisotopic (exact) mass is 315 g/mol. The van der Waals surface area contributed by atoms with Gasteiger partial charge in [-0.25, -0.2) is 0 Å². The molecule has 3 aromatic rings. The van der Waals surface area contributed by atoms with Crippen molar-refractivity contribution in [1.82, 2.24) is 15.1 Å². The van der Waals surface area contributed by atoms with E-state index < -0.39 is 0 Å². The molecule has 6 heteroatoms. The Morgan fingerprint density at radius 1 is 1.27 bits per heavy atom. The number of thiophene rings is 1. The topological polar surface area (TPSA) is 71.8 Å². The van der Waals surface area contributed by atoms with Crippen LogP contribution >= 0.6 is 11.3 Å². The zero-order valence-corrected chi connectivity index (χ0v) is 13.5. The maximum Gasteiger partial charge on any atom is 0.259 e. The number of H-pyrrole nitrogens is 1. The highest BCUT2D eigenvalue weighted by molar-refractivity contribution is 7.08. The molecular formula is C16H17N3O2S. The van der Waals surface area contributed by atoms with Crippen LogP contribution in [-0.2, 0) is 6.42 Å². The second-order valence-corrected chi connectivity index (χ2v) is 6.46. The van der Waals surface area contributed by atoms with Gasteiger partial charge in [0.25, 0.3) is 11.4 Å². The molecule has 3 heterocycles. The van der Waals surface area contributed by atoms with E-state index in [-0.39, 0.29) is 5.56 Å². The zero-order chi connectivity index (χ0) is 15.7. The van der Waals surface area contributed by atoms with E-state index in [0.29, 0.717) is 23.2 Å². The maximum atomic E-state index is 12.2. The van der Waals surface area contributed by atoms with Gasteiger partial charge in [-0.3, -0.25) is 4.79 Å². The van der Waals surface area contributed by atoms with Crippen molar-refractivity contribution in [3.8, 4) is 22.8 Å². The molecule has 22 heavy (non-hydrogen) atoms. The highest BCUT2D eigenvalue weighted by atomic mass is 32.1. The second kappa shape index (κ2) is 5.88. The molecule has 3 aromatic heterocycles. The van der Waals surface area contributed by atoms with Crippen LogP contribution in [0.3, 0.4) is 0 Å². The summed E-state index contributed by atoms with van der Waals surface area (Å²) in [5.41, 5.74) is 3.15. The van der Waals surface area contributed by atoms with E-state index in [0.717, 1.165) is 23.2 Å². The molecule has 0 saturated carbocycles.